The number of halogens is 5. The van der Waals surface area contributed by atoms with Crippen molar-refractivity contribution in [3.05, 3.63) is 28.7 Å². The van der Waals surface area contributed by atoms with E-state index >= 15 is 0 Å². The van der Waals surface area contributed by atoms with E-state index in [-0.39, 0.29) is 16.2 Å². The highest BCUT2D eigenvalue weighted by Gasteiger charge is 2.35. The van der Waals surface area contributed by atoms with Crippen molar-refractivity contribution < 1.29 is 17.6 Å². The number of fused-ring (bicyclic) bond motifs is 1. The first-order chi connectivity index (χ1) is 10.8. The number of aromatic nitrogens is 2. The van der Waals surface area contributed by atoms with Crippen molar-refractivity contribution in [2.24, 2.45) is 0 Å². The Kier molecular flexibility index (Phi) is 4.05. The van der Waals surface area contributed by atoms with Crippen LogP contribution in [0.1, 0.15) is 5.56 Å². The van der Waals surface area contributed by atoms with E-state index in [9.17, 15) is 17.6 Å². The maximum Gasteiger partial charge on any atom is 0.419 e. The van der Waals surface area contributed by atoms with Gasteiger partial charge in [0.2, 0.25) is 0 Å². The van der Waals surface area contributed by atoms with E-state index in [4.69, 9.17) is 11.6 Å². The fourth-order valence-corrected chi connectivity index (χ4v) is 2.74. The Morgan fingerprint density at radius 1 is 1.04 bits per heavy atom. The molecule has 0 atom stereocenters. The zero-order chi connectivity index (χ0) is 16.8. The van der Waals surface area contributed by atoms with Crippen LogP contribution in [0.5, 0.6) is 0 Å². The van der Waals surface area contributed by atoms with Crippen LogP contribution in [-0.2, 0) is 6.18 Å². The summed E-state index contributed by atoms with van der Waals surface area (Å²) in [6, 6.07) is 1.39. The fraction of sp³-hybridized carbons (Fsp3) is 0.429. The van der Waals surface area contributed by atoms with Crippen LogP contribution >= 0.6 is 11.6 Å². The lowest BCUT2D eigenvalue weighted by atomic mass is 10.1. The van der Waals surface area contributed by atoms with Crippen LogP contribution in [0, 0.1) is 5.82 Å². The Morgan fingerprint density at radius 2 is 1.65 bits per heavy atom. The molecule has 0 saturated carbocycles. The van der Waals surface area contributed by atoms with Crippen LogP contribution < -0.4 is 4.90 Å². The molecule has 0 amide bonds. The average molecular weight is 349 g/mol. The van der Waals surface area contributed by atoms with Crippen LogP contribution in [0.25, 0.3) is 11.0 Å². The molecule has 9 heteroatoms. The minimum atomic E-state index is -4.79. The molecular weight excluding hydrogens is 336 g/mol. The van der Waals surface area contributed by atoms with Gasteiger partial charge >= 0.3 is 6.18 Å². The van der Waals surface area contributed by atoms with E-state index in [1.165, 1.54) is 0 Å². The molecule has 0 N–H and O–H groups in total. The van der Waals surface area contributed by atoms with Crippen molar-refractivity contribution >= 4 is 28.5 Å². The highest BCUT2D eigenvalue weighted by atomic mass is 35.5. The van der Waals surface area contributed by atoms with E-state index < -0.39 is 17.6 Å². The maximum atomic E-state index is 13.7. The van der Waals surface area contributed by atoms with Gasteiger partial charge in [0.05, 0.1) is 16.6 Å². The van der Waals surface area contributed by atoms with Crippen LogP contribution in [0.2, 0.25) is 5.15 Å². The average Bonchev–Trinajstić information content (AvgIpc) is 2.46. The number of hydrogen-bond acceptors (Lipinski definition) is 4. The van der Waals surface area contributed by atoms with E-state index in [1.54, 1.807) is 0 Å². The van der Waals surface area contributed by atoms with Crippen molar-refractivity contribution in [2.75, 3.05) is 38.1 Å². The van der Waals surface area contributed by atoms with Gasteiger partial charge in [-0.1, -0.05) is 11.6 Å². The SMILES string of the molecule is CN1CCN(c2nc3cc(F)c(C(F)(F)F)cc3nc2Cl)CC1. The second-order valence-electron chi connectivity index (χ2n) is 5.45. The predicted molar refractivity (Wildman–Crippen MR) is 79.2 cm³/mol. The van der Waals surface area contributed by atoms with E-state index in [2.05, 4.69) is 14.9 Å². The Morgan fingerprint density at radius 3 is 2.26 bits per heavy atom. The first kappa shape index (κ1) is 16.2. The summed E-state index contributed by atoms with van der Waals surface area (Å²) in [7, 11) is 1.99. The van der Waals surface area contributed by atoms with E-state index in [0.717, 1.165) is 19.2 Å². The predicted octanol–water partition coefficient (Wildman–Crippen LogP) is 3.19. The topological polar surface area (TPSA) is 32.3 Å². The number of anilines is 1. The van der Waals surface area contributed by atoms with Crippen molar-refractivity contribution in [1.82, 2.24) is 14.9 Å². The van der Waals surface area contributed by atoms with Gasteiger partial charge in [0.15, 0.2) is 11.0 Å². The largest absolute Gasteiger partial charge is 0.419 e. The molecule has 1 saturated heterocycles. The monoisotopic (exact) mass is 348 g/mol. The third-order valence-electron chi connectivity index (χ3n) is 3.80. The van der Waals surface area contributed by atoms with Crippen molar-refractivity contribution in [1.29, 1.82) is 0 Å². The van der Waals surface area contributed by atoms with Gasteiger partial charge in [-0.05, 0) is 13.1 Å². The van der Waals surface area contributed by atoms with E-state index in [1.807, 2.05) is 11.9 Å². The van der Waals surface area contributed by atoms with Crippen molar-refractivity contribution in [3.8, 4) is 0 Å². The lowest BCUT2D eigenvalue weighted by Crippen LogP contribution is -2.45. The number of alkyl halides is 3. The zero-order valence-corrected chi connectivity index (χ0v) is 12.9. The second kappa shape index (κ2) is 5.76. The lowest BCUT2D eigenvalue weighted by molar-refractivity contribution is -0.139. The number of nitrogens with zero attached hydrogens (tertiary/aromatic N) is 4. The van der Waals surface area contributed by atoms with Crippen LogP contribution in [0.3, 0.4) is 0 Å². The van der Waals surface area contributed by atoms with Crippen LogP contribution in [0.4, 0.5) is 23.4 Å². The third-order valence-corrected chi connectivity index (χ3v) is 4.06. The molecule has 2 heterocycles. The van der Waals surface area contributed by atoms with Gasteiger partial charge in [0.25, 0.3) is 0 Å². The summed E-state index contributed by atoms with van der Waals surface area (Å²) in [5.41, 5.74) is -1.40. The lowest BCUT2D eigenvalue weighted by Gasteiger charge is -2.33. The fourth-order valence-electron chi connectivity index (χ4n) is 2.48. The van der Waals surface area contributed by atoms with Gasteiger partial charge < -0.3 is 9.80 Å². The molecule has 0 radical (unpaired) electrons. The van der Waals surface area contributed by atoms with Gasteiger partial charge in [-0.2, -0.15) is 13.2 Å². The molecule has 124 valence electrons. The highest BCUT2D eigenvalue weighted by molar-refractivity contribution is 6.32. The van der Waals surface area contributed by atoms with E-state index in [0.29, 0.717) is 25.0 Å². The number of hydrogen-bond donors (Lipinski definition) is 0. The molecular formula is C14H13ClF4N4. The normalized spacial score (nSPS) is 17.0. The van der Waals surface area contributed by atoms with Gasteiger partial charge in [-0.25, -0.2) is 14.4 Å². The number of benzene rings is 1. The summed E-state index contributed by atoms with van der Waals surface area (Å²) in [6.45, 7) is 2.94. The molecule has 3 rings (SSSR count). The van der Waals surface area contributed by atoms with Crippen molar-refractivity contribution in [2.45, 2.75) is 6.18 Å². The van der Waals surface area contributed by atoms with Crippen LogP contribution in [-0.4, -0.2) is 48.1 Å². The summed E-state index contributed by atoms with van der Waals surface area (Å²) in [5, 5.41) is 0.0155. The Hall–Kier alpha value is -1.67. The van der Waals surface area contributed by atoms with Gasteiger partial charge in [-0.15, -0.1) is 0 Å². The number of rotatable bonds is 1. The second-order valence-corrected chi connectivity index (χ2v) is 5.80. The third kappa shape index (κ3) is 3.18. The minimum absolute atomic E-state index is 0.0155. The summed E-state index contributed by atoms with van der Waals surface area (Å²) < 4.78 is 51.9. The number of piperazine rings is 1. The molecule has 0 spiro atoms. The molecule has 1 aromatic heterocycles. The molecule has 1 aliphatic rings. The first-order valence-electron chi connectivity index (χ1n) is 6.93. The summed E-state index contributed by atoms with van der Waals surface area (Å²) in [4.78, 5) is 12.2. The summed E-state index contributed by atoms with van der Waals surface area (Å²) >= 11 is 6.08. The molecule has 23 heavy (non-hydrogen) atoms. The van der Waals surface area contributed by atoms with Crippen LogP contribution in [0.15, 0.2) is 12.1 Å². The smallest absolute Gasteiger partial charge is 0.351 e. The maximum absolute atomic E-state index is 13.7. The molecule has 1 aromatic carbocycles. The molecule has 1 aliphatic heterocycles. The minimum Gasteiger partial charge on any atom is -0.351 e. The highest BCUT2D eigenvalue weighted by Crippen LogP contribution is 2.34. The Balaban J connectivity index is 2.05. The van der Waals surface area contributed by atoms with Gasteiger partial charge in [0.1, 0.15) is 5.82 Å². The van der Waals surface area contributed by atoms with Crippen molar-refractivity contribution in [3.63, 3.8) is 0 Å². The summed E-state index contributed by atoms with van der Waals surface area (Å²) in [6.07, 6.45) is -4.79. The molecule has 0 bridgehead atoms. The first-order valence-corrected chi connectivity index (χ1v) is 7.31. The van der Waals surface area contributed by atoms with Gasteiger partial charge in [-0.3, -0.25) is 0 Å². The quantitative estimate of drug-likeness (QED) is 0.741. The summed E-state index contributed by atoms with van der Waals surface area (Å²) in [5.74, 6) is -1.00. The number of likely N-dealkylation sites (N-methyl/N-ethyl adjacent to an activating group) is 1. The molecule has 2 aromatic rings. The molecule has 1 fully saturated rings. The molecule has 4 nitrogen and oxygen atoms in total. The Labute approximate surface area is 134 Å². The standard InChI is InChI=1S/C14H13ClF4N4/c1-22-2-4-23(5-3-22)13-12(15)20-10-6-8(14(17,18)19)9(16)7-11(10)21-13/h6-7H,2-5H2,1H3. The zero-order valence-electron chi connectivity index (χ0n) is 12.2. The van der Waals surface area contributed by atoms with Gasteiger partial charge in [0, 0.05) is 32.2 Å². The molecule has 0 unspecified atom stereocenters. The molecule has 0 aliphatic carbocycles. The Bertz CT molecular complexity index is 742.